The van der Waals surface area contributed by atoms with Crippen molar-refractivity contribution in [2.24, 2.45) is 0 Å². The summed E-state index contributed by atoms with van der Waals surface area (Å²) in [5.74, 6) is -0.0630. The molecule has 2 rings (SSSR count). The number of carbonyl (C=O) groups is 2. The van der Waals surface area contributed by atoms with E-state index in [0.717, 1.165) is 29.3 Å². The third kappa shape index (κ3) is 3.28. The quantitative estimate of drug-likeness (QED) is 0.894. The van der Waals surface area contributed by atoms with Crippen molar-refractivity contribution >= 4 is 27.9 Å². The minimum absolute atomic E-state index is 0.0630. The molecule has 0 saturated carbocycles. The highest BCUT2D eigenvalue weighted by atomic mass is 79.9. The molecule has 21 heavy (non-hydrogen) atoms. The zero-order valence-corrected chi connectivity index (χ0v) is 14.1. The minimum atomic E-state index is -0.305. The standard InChI is InChI=1S/C16H21BrN2O2/c1-3-16(4-2)10-9-14(20)19(16)15(21)18-11-12-5-7-13(17)8-6-12/h5-8H,3-4,9-11H2,1-2H3,(H,18,21). The molecule has 0 radical (unpaired) electrons. The fourth-order valence-electron chi connectivity index (χ4n) is 2.94. The molecular formula is C16H21BrN2O2. The van der Waals surface area contributed by atoms with Gasteiger partial charge < -0.3 is 5.32 Å². The molecule has 0 atom stereocenters. The summed E-state index contributed by atoms with van der Waals surface area (Å²) in [4.78, 5) is 25.9. The van der Waals surface area contributed by atoms with E-state index >= 15 is 0 Å². The second-order valence-electron chi connectivity index (χ2n) is 5.45. The number of hydrogen-bond acceptors (Lipinski definition) is 2. The molecule has 4 nitrogen and oxygen atoms in total. The van der Waals surface area contributed by atoms with Gasteiger partial charge in [0, 0.05) is 17.4 Å². The molecule has 1 heterocycles. The van der Waals surface area contributed by atoms with Crippen LogP contribution in [0.4, 0.5) is 4.79 Å². The molecule has 3 amide bonds. The normalized spacial score (nSPS) is 17.1. The van der Waals surface area contributed by atoms with Crippen molar-refractivity contribution in [3.05, 3.63) is 34.3 Å². The van der Waals surface area contributed by atoms with Gasteiger partial charge in [-0.15, -0.1) is 0 Å². The molecule has 0 bridgehead atoms. The van der Waals surface area contributed by atoms with E-state index in [2.05, 4.69) is 21.2 Å². The van der Waals surface area contributed by atoms with E-state index in [1.54, 1.807) is 0 Å². The van der Waals surface area contributed by atoms with E-state index in [0.29, 0.717) is 13.0 Å². The number of nitrogens with zero attached hydrogens (tertiary/aromatic N) is 1. The summed E-state index contributed by atoms with van der Waals surface area (Å²) in [5, 5.41) is 2.87. The molecule has 1 aliphatic heterocycles. The third-order valence-corrected chi connectivity index (χ3v) is 4.93. The summed E-state index contributed by atoms with van der Waals surface area (Å²) in [6, 6.07) is 7.49. The van der Waals surface area contributed by atoms with Gasteiger partial charge in [0.2, 0.25) is 5.91 Å². The maximum atomic E-state index is 12.4. The van der Waals surface area contributed by atoms with E-state index in [1.807, 2.05) is 38.1 Å². The van der Waals surface area contributed by atoms with Crippen molar-refractivity contribution in [2.75, 3.05) is 0 Å². The van der Waals surface area contributed by atoms with Crippen molar-refractivity contribution in [3.8, 4) is 0 Å². The average molecular weight is 353 g/mol. The van der Waals surface area contributed by atoms with Crippen molar-refractivity contribution in [1.29, 1.82) is 0 Å². The third-order valence-electron chi connectivity index (χ3n) is 4.40. The van der Waals surface area contributed by atoms with Crippen LogP contribution in [0.2, 0.25) is 0 Å². The van der Waals surface area contributed by atoms with Crippen molar-refractivity contribution < 1.29 is 9.59 Å². The van der Waals surface area contributed by atoms with E-state index < -0.39 is 0 Å². The Labute approximate surface area is 134 Å². The Hall–Kier alpha value is -1.36. The van der Waals surface area contributed by atoms with Crippen LogP contribution in [0.5, 0.6) is 0 Å². The highest BCUT2D eigenvalue weighted by molar-refractivity contribution is 9.10. The summed E-state index contributed by atoms with van der Waals surface area (Å²) in [5.41, 5.74) is 0.706. The van der Waals surface area contributed by atoms with Crippen LogP contribution in [0.25, 0.3) is 0 Å². The molecule has 0 aromatic heterocycles. The van der Waals surface area contributed by atoms with Gasteiger partial charge in [0.15, 0.2) is 0 Å². The minimum Gasteiger partial charge on any atom is -0.334 e. The van der Waals surface area contributed by atoms with Crippen LogP contribution in [-0.4, -0.2) is 22.4 Å². The molecule has 0 spiro atoms. The van der Waals surface area contributed by atoms with Gasteiger partial charge >= 0.3 is 6.03 Å². The Bertz CT molecular complexity index is 524. The van der Waals surface area contributed by atoms with Gasteiger partial charge in [-0.3, -0.25) is 9.69 Å². The molecule has 1 N–H and O–H groups in total. The number of hydrogen-bond donors (Lipinski definition) is 1. The van der Waals surface area contributed by atoms with Crippen LogP contribution in [0, 0.1) is 0 Å². The van der Waals surface area contributed by atoms with Crippen LogP contribution in [-0.2, 0) is 11.3 Å². The Morgan fingerprint density at radius 3 is 2.48 bits per heavy atom. The monoisotopic (exact) mass is 352 g/mol. The number of halogens is 1. The maximum absolute atomic E-state index is 12.4. The summed E-state index contributed by atoms with van der Waals surface area (Å²) in [6.45, 7) is 4.51. The highest BCUT2D eigenvalue weighted by Crippen LogP contribution is 2.36. The Morgan fingerprint density at radius 1 is 1.29 bits per heavy atom. The molecule has 1 aliphatic rings. The number of benzene rings is 1. The number of amides is 3. The second kappa shape index (κ2) is 6.60. The van der Waals surface area contributed by atoms with Gasteiger partial charge in [-0.1, -0.05) is 41.9 Å². The number of urea groups is 1. The lowest BCUT2D eigenvalue weighted by Gasteiger charge is -2.35. The molecule has 1 saturated heterocycles. The van der Waals surface area contributed by atoms with Gasteiger partial charge in [-0.2, -0.15) is 0 Å². The summed E-state index contributed by atoms with van der Waals surface area (Å²) in [7, 11) is 0. The average Bonchev–Trinajstić information content (AvgIpc) is 2.84. The number of likely N-dealkylation sites (tertiary alicyclic amines) is 1. The number of nitrogens with one attached hydrogen (secondary N) is 1. The molecule has 5 heteroatoms. The highest BCUT2D eigenvalue weighted by Gasteiger charge is 2.46. The summed E-state index contributed by atoms with van der Waals surface area (Å²) < 4.78 is 1.00. The fraction of sp³-hybridized carbons (Fsp3) is 0.500. The summed E-state index contributed by atoms with van der Waals surface area (Å²) in [6.07, 6.45) is 2.85. The predicted octanol–water partition coefficient (Wildman–Crippen LogP) is 3.84. The van der Waals surface area contributed by atoms with Crippen LogP contribution in [0.1, 0.15) is 45.1 Å². The number of imide groups is 1. The maximum Gasteiger partial charge on any atom is 0.324 e. The molecule has 1 fully saturated rings. The predicted molar refractivity (Wildman–Crippen MR) is 85.8 cm³/mol. The molecule has 0 unspecified atom stereocenters. The topological polar surface area (TPSA) is 49.4 Å². The first-order valence-electron chi connectivity index (χ1n) is 7.37. The van der Waals surface area contributed by atoms with Crippen LogP contribution < -0.4 is 5.32 Å². The molecular weight excluding hydrogens is 332 g/mol. The Balaban J connectivity index is 2.04. The van der Waals surface area contributed by atoms with Gasteiger partial charge in [-0.05, 0) is 37.0 Å². The number of rotatable bonds is 4. The number of carbonyl (C=O) groups excluding carboxylic acids is 2. The lowest BCUT2D eigenvalue weighted by Crippen LogP contribution is -2.52. The van der Waals surface area contributed by atoms with Crippen LogP contribution >= 0.6 is 15.9 Å². The van der Waals surface area contributed by atoms with Crippen LogP contribution in [0.15, 0.2) is 28.7 Å². The lowest BCUT2D eigenvalue weighted by molar-refractivity contribution is -0.127. The van der Waals surface area contributed by atoms with Gasteiger partial charge in [0.1, 0.15) is 0 Å². The van der Waals surface area contributed by atoms with Crippen molar-refractivity contribution in [3.63, 3.8) is 0 Å². The largest absolute Gasteiger partial charge is 0.334 e. The first kappa shape index (κ1) is 16.0. The van der Waals surface area contributed by atoms with E-state index in [-0.39, 0.29) is 17.5 Å². The van der Waals surface area contributed by atoms with Crippen LogP contribution in [0.3, 0.4) is 0 Å². The molecule has 0 aliphatic carbocycles. The fourth-order valence-corrected chi connectivity index (χ4v) is 3.20. The van der Waals surface area contributed by atoms with Crippen molar-refractivity contribution in [1.82, 2.24) is 10.2 Å². The zero-order valence-electron chi connectivity index (χ0n) is 12.5. The SMILES string of the molecule is CCC1(CC)CCC(=O)N1C(=O)NCc1ccc(Br)cc1. The Morgan fingerprint density at radius 2 is 1.90 bits per heavy atom. The van der Waals surface area contributed by atoms with E-state index in [1.165, 1.54) is 4.90 Å². The van der Waals surface area contributed by atoms with Gasteiger partial charge in [0.25, 0.3) is 0 Å². The first-order chi connectivity index (χ1) is 10.0. The van der Waals surface area contributed by atoms with E-state index in [9.17, 15) is 9.59 Å². The Kier molecular flexibility index (Phi) is 5.04. The summed E-state index contributed by atoms with van der Waals surface area (Å²) >= 11 is 3.38. The smallest absolute Gasteiger partial charge is 0.324 e. The lowest BCUT2D eigenvalue weighted by atomic mass is 9.90. The molecule has 114 valence electrons. The van der Waals surface area contributed by atoms with E-state index in [4.69, 9.17) is 0 Å². The van der Waals surface area contributed by atoms with Gasteiger partial charge in [0.05, 0.1) is 5.54 Å². The second-order valence-corrected chi connectivity index (χ2v) is 6.36. The molecule has 1 aromatic carbocycles. The first-order valence-corrected chi connectivity index (χ1v) is 8.17. The molecule has 1 aromatic rings. The van der Waals surface area contributed by atoms with Crippen molar-refractivity contribution in [2.45, 2.75) is 51.6 Å². The van der Waals surface area contributed by atoms with Gasteiger partial charge in [-0.25, -0.2) is 4.79 Å². The zero-order chi connectivity index (χ0) is 15.5.